The average Bonchev–Trinajstić information content (AvgIpc) is 2.96. The van der Waals surface area contributed by atoms with Crippen molar-refractivity contribution in [2.24, 2.45) is 0 Å². The van der Waals surface area contributed by atoms with E-state index < -0.39 is 0 Å². The van der Waals surface area contributed by atoms with Gasteiger partial charge in [0.15, 0.2) is 5.78 Å². The molecule has 0 aliphatic rings. The molecule has 142 valence electrons. The van der Waals surface area contributed by atoms with Crippen LogP contribution in [-0.4, -0.2) is 22.1 Å². The number of ether oxygens (including phenoxy) is 1. The molecule has 4 nitrogen and oxygen atoms in total. The molecule has 1 N–H and O–H groups in total. The number of hydrogen-bond donors (Lipinski definition) is 1. The second-order valence-electron chi connectivity index (χ2n) is 6.78. The zero-order valence-electron chi connectivity index (χ0n) is 16.2. The molecule has 0 bridgehead atoms. The standard InChI is InChI=1S/C23H27NO3/c1-4-6-12-21(27-5-2)24-16(3)22(19-15-18(25)13-14-20(19)24)23(26)17-10-8-7-9-11-17/h7-11,13-15,21,25H,4-6,12H2,1-3H3. The number of rotatable bonds is 8. The van der Waals surface area contributed by atoms with Crippen molar-refractivity contribution < 1.29 is 14.6 Å². The highest BCUT2D eigenvalue weighted by Gasteiger charge is 2.25. The average molecular weight is 365 g/mol. The number of aromatic hydroxyl groups is 1. The van der Waals surface area contributed by atoms with Crippen LogP contribution in [0.5, 0.6) is 5.75 Å². The number of carbonyl (C=O) groups is 1. The number of ketones is 1. The summed E-state index contributed by atoms with van der Waals surface area (Å²) in [5, 5.41) is 10.8. The van der Waals surface area contributed by atoms with Crippen molar-refractivity contribution in [3.05, 3.63) is 65.4 Å². The van der Waals surface area contributed by atoms with Crippen molar-refractivity contribution in [1.82, 2.24) is 4.57 Å². The van der Waals surface area contributed by atoms with Gasteiger partial charge in [-0.3, -0.25) is 4.79 Å². The zero-order chi connectivity index (χ0) is 19.4. The zero-order valence-corrected chi connectivity index (χ0v) is 16.2. The number of nitrogens with zero attached hydrogens (tertiary/aromatic N) is 1. The SMILES string of the molecule is CCCCC(OCC)n1c(C)c(C(=O)c2ccccc2)c2cc(O)ccc21. The van der Waals surface area contributed by atoms with E-state index in [9.17, 15) is 9.90 Å². The molecule has 1 atom stereocenters. The van der Waals surface area contributed by atoms with Gasteiger partial charge in [-0.05, 0) is 44.9 Å². The van der Waals surface area contributed by atoms with Gasteiger partial charge in [0.2, 0.25) is 0 Å². The summed E-state index contributed by atoms with van der Waals surface area (Å²) in [4.78, 5) is 13.3. The molecule has 0 aliphatic carbocycles. The van der Waals surface area contributed by atoms with Gasteiger partial charge in [-0.2, -0.15) is 0 Å². The van der Waals surface area contributed by atoms with Crippen LogP contribution in [0.15, 0.2) is 48.5 Å². The molecule has 0 fully saturated rings. The first-order valence-electron chi connectivity index (χ1n) is 9.63. The van der Waals surface area contributed by atoms with Crippen LogP contribution in [-0.2, 0) is 4.74 Å². The van der Waals surface area contributed by atoms with Crippen molar-refractivity contribution in [2.45, 2.75) is 46.3 Å². The first-order chi connectivity index (χ1) is 13.1. The number of fused-ring (bicyclic) bond motifs is 1. The van der Waals surface area contributed by atoms with E-state index in [0.29, 0.717) is 17.7 Å². The monoisotopic (exact) mass is 365 g/mol. The predicted octanol–water partition coefficient (Wildman–Crippen LogP) is 5.61. The van der Waals surface area contributed by atoms with Crippen LogP contribution in [0.25, 0.3) is 10.9 Å². The largest absolute Gasteiger partial charge is 0.508 e. The van der Waals surface area contributed by atoms with Gasteiger partial charge in [0, 0.05) is 23.3 Å². The molecule has 4 heteroatoms. The van der Waals surface area contributed by atoms with Gasteiger partial charge in [-0.15, -0.1) is 0 Å². The minimum atomic E-state index is -0.126. The third-order valence-electron chi connectivity index (χ3n) is 4.95. The molecule has 1 unspecified atom stereocenters. The Bertz CT molecular complexity index is 928. The topological polar surface area (TPSA) is 51.5 Å². The van der Waals surface area contributed by atoms with E-state index in [2.05, 4.69) is 11.5 Å². The van der Waals surface area contributed by atoms with Gasteiger partial charge in [0.05, 0.1) is 11.1 Å². The Labute approximate surface area is 160 Å². The minimum absolute atomic E-state index is 0.0341. The predicted molar refractivity (Wildman–Crippen MR) is 108 cm³/mol. The van der Waals surface area contributed by atoms with Crippen LogP contribution in [0, 0.1) is 6.92 Å². The van der Waals surface area contributed by atoms with Gasteiger partial charge in [-0.1, -0.05) is 43.7 Å². The van der Waals surface area contributed by atoms with Crippen molar-refractivity contribution >= 4 is 16.7 Å². The van der Waals surface area contributed by atoms with Gasteiger partial charge in [0.1, 0.15) is 12.0 Å². The Balaban J connectivity index is 2.21. The Kier molecular flexibility index (Phi) is 5.97. The number of aromatic nitrogens is 1. The van der Waals surface area contributed by atoms with Gasteiger partial charge >= 0.3 is 0 Å². The van der Waals surface area contributed by atoms with E-state index in [1.54, 1.807) is 12.1 Å². The van der Waals surface area contributed by atoms with E-state index in [1.807, 2.05) is 50.2 Å². The van der Waals surface area contributed by atoms with Crippen LogP contribution in [0.3, 0.4) is 0 Å². The van der Waals surface area contributed by atoms with E-state index in [4.69, 9.17) is 4.74 Å². The van der Waals surface area contributed by atoms with E-state index >= 15 is 0 Å². The summed E-state index contributed by atoms with van der Waals surface area (Å²) in [5.74, 6) is 0.122. The van der Waals surface area contributed by atoms with E-state index in [1.165, 1.54) is 0 Å². The second kappa shape index (κ2) is 8.40. The fourth-order valence-corrected chi connectivity index (χ4v) is 3.68. The summed E-state index contributed by atoms with van der Waals surface area (Å²) in [6.07, 6.45) is 2.89. The van der Waals surface area contributed by atoms with Crippen molar-refractivity contribution in [2.75, 3.05) is 6.61 Å². The number of hydrogen-bond acceptors (Lipinski definition) is 3. The number of phenols is 1. The summed E-state index contributed by atoms with van der Waals surface area (Å²) in [5.41, 5.74) is 3.07. The van der Waals surface area contributed by atoms with Crippen LogP contribution in [0.4, 0.5) is 0 Å². The number of unbranched alkanes of at least 4 members (excludes halogenated alkanes) is 1. The first kappa shape index (κ1) is 19.2. The molecule has 0 radical (unpaired) electrons. The normalized spacial score (nSPS) is 12.4. The maximum absolute atomic E-state index is 13.3. The first-order valence-corrected chi connectivity index (χ1v) is 9.63. The molecule has 0 spiro atoms. The fraction of sp³-hybridized carbons (Fsp3) is 0.348. The molecule has 0 aliphatic heterocycles. The number of phenolic OH excluding ortho intramolecular Hbond substituents is 1. The quantitative estimate of drug-likeness (QED) is 0.528. The third kappa shape index (κ3) is 3.76. The molecular formula is C23H27NO3. The summed E-state index contributed by atoms with van der Waals surface area (Å²) in [6, 6.07) is 14.5. The smallest absolute Gasteiger partial charge is 0.195 e. The Hall–Kier alpha value is -2.59. The van der Waals surface area contributed by atoms with E-state index in [-0.39, 0.29) is 17.8 Å². The summed E-state index contributed by atoms with van der Waals surface area (Å²) >= 11 is 0. The van der Waals surface area contributed by atoms with Crippen molar-refractivity contribution in [1.29, 1.82) is 0 Å². The fourth-order valence-electron chi connectivity index (χ4n) is 3.68. The van der Waals surface area contributed by atoms with Crippen LogP contribution >= 0.6 is 0 Å². The molecule has 3 rings (SSSR count). The molecule has 0 saturated carbocycles. The molecular weight excluding hydrogens is 338 g/mol. The van der Waals surface area contributed by atoms with Crippen molar-refractivity contribution in [3.63, 3.8) is 0 Å². The lowest BCUT2D eigenvalue weighted by atomic mass is 10.0. The maximum Gasteiger partial charge on any atom is 0.195 e. The molecule has 27 heavy (non-hydrogen) atoms. The summed E-state index contributed by atoms with van der Waals surface area (Å²) in [7, 11) is 0. The van der Waals surface area contributed by atoms with Crippen molar-refractivity contribution in [3.8, 4) is 5.75 Å². The Morgan fingerprint density at radius 3 is 2.56 bits per heavy atom. The van der Waals surface area contributed by atoms with Gasteiger partial charge in [-0.25, -0.2) is 0 Å². The molecule has 3 aromatic rings. The van der Waals surface area contributed by atoms with E-state index in [0.717, 1.165) is 35.9 Å². The third-order valence-corrected chi connectivity index (χ3v) is 4.95. The lowest BCUT2D eigenvalue weighted by molar-refractivity contribution is 0.00460. The van der Waals surface area contributed by atoms with Gasteiger partial charge in [0.25, 0.3) is 0 Å². The summed E-state index contributed by atoms with van der Waals surface area (Å²) in [6.45, 7) is 6.71. The minimum Gasteiger partial charge on any atom is -0.508 e. The second-order valence-corrected chi connectivity index (χ2v) is 6.78. The highest BCUT2D eigenvalue weighted by molar-refractivity contribution is 6.17. The molecule has 2 aromatic carbocycles. The Morgan fingerprint density at radius 2 is 1.89 bits per heavy atom. The highest BCUT2D eigenvalue weighted by atomic mass is 16.5. The van der Waals surface area contributed by atoms with Crippen LogP contribution in [0.2, 0.25) is 0 Å². The maximum atomic E-state index is 13.3. The van der Waals surface area contributed by atoms with Crippen LogP contribution in [0.1, 0.15) is 61.0 Å². The highest BCUT2D eigenvalue weighted by Crippen LogP contribution is 2.34. The lowest BCUT2D eigenvalue weighted by Gasteiger charge is -2.22. The molecule has 0 saturated heterocycles. The molecule has 1 aromatic heterocycles. The number of carbonyl (C=O) groups excluding carboxylic acids is 1. The van der Waals surface area contributed by atoms with Gasteiger partial charge < -0.3 is 14.4 Å². The number of benzene rings is 2. The van der Waals surface area contributed by atoms with Crippen LogP contribution < -0.4 is 0 Å². The molecule has 1 heterocycles. The summed E-state index contributed by atoms with van der Waals surface area (Å²) < 4.78 is 8.15. The Morgan fingerprint density at radius 1 is 1.15 bits per heavy atom. The molecule has 0 amide bonds. The lowest BCUT2D eigenvalue weighted by Crippen LogP contribution is -2.15.